The molecule has 0 spiro atoms. The van der Waals surface area contributed by atoms with Crippen LogP contribution in [0.25, 0.3) is 11.1 Å². The highest BCUT2D eigenvalue weighted by Gasteiger charge is 2.32. The number of methoxy groups -OCH3 is 1. The molecular formula is C23H31N3O5. The first-order valence-corrected chi connectivity index (χ1v) is 11.0. The Morgan fingerprint density at radius 1 is 1.29 bits per heavy atom. The van der Waals surface area contributed by atoms with E-state index in [0.29, 0.717) is 19.1 Å². The molecule has 168 valence electrons. The van der Waals surface area contributed by atoms with Crippen LogP contribution in [0.1, 0.15) is 31.7 Å². The third-order valence-electron chi connectivity index (χ3n) is 6.20. The molecule has 2 aliphatic rings. The number of hydrogen-bond donors (Lipinski definition) is 1. The number of hydrogen-bond acceptors (Lipinski definition) is 6. The average molecular weight is 430 g/mol. The van der Waals surface area contributed by atoms with Gasteiger partial charge in [0.25, 0.3) is 0 Å². The fourth-order valence-electron chi connectivity index (χ4n) is 4.41. The molecule has 4 rings (SSSR count). The van der Waals surface area contributed by atoms with Crippen LogP contribution in [-0.2, 0) is 22.4 Å². The van der Waals surface area contributed by atoms with Gasteiger partial charge in [-0.25, -0.2) is 4.79 Å². The lowest BCUT2D eigenvalue weighted by molar-refractivity contribution is 0.0497. The van der Waals surface area contributed by atoms with E-state index in [-0.39, 0.29) is 18.7 Å². The molecule has 1 fully saturated rings. The van der Waals surface area contributed by atoms with Crippen molar-refractivity contribution >= 4 is 11.8 Å². The van der Waals surface area contributed by atoms with Crippen LogP contribution >= 0.6 is 0 Å². The summed E-state index contributed by atoms with van der Waals surface area (Å²) in [5.74, 6) is 1.27. The lowest BCUT2D eigenvalue weighted by Crippen LogP contribution is -2.42. The van der Waals surface area contributed by atoms with E-state index in [1.807, 2.05) is 25.3 Å². The summed E-state index contributed by atoms with van der Waals surface area (Å²) in [4.78, 5) is 14.2. The number of ether oxygens (including phenoxy) is 3. The summed E-state index contributed by atoms with van der Waals surface area (Å²) in [7, 11) is 1.41. The lowest BCUT2D eigenvalue weighted by Gasteiger charge is -2.35. The third-order valence-corrected chi connectivity index (χ3v) is 6.20. The molecule has 1 amide bonds. The number of amides is 1. The molecule has 2 aliphatic heterocycles. The summed E-state index contributed by atoms with van der Waals surface area (Å²) in [6.07, 6.45) is 7.00. The number of fused-ring (bicyclic) bond motifs is 1. The van der Waals surface area contributed by atoms with Gasteiger partial charge in [-0.2, -0.15) is 5.10 Å². The zero-order valence-corrected chi connectivity index (χ0v) is 18.2. The fraction of sp³-hybridized carbons (Fsp3) is 0.565. The molecule has 0 saturated carbocycles. The maximum atomic E-state index is 12.5. The van der Waals surface area contributed by atoms with Gasteiger partial charge in [-0.15, -0.1) is 0 Å². The molecule has 31 heavy (non-hydrogen) atoms. The van der Waals surface area contributed by atoms with Gasteiger partial charge in [0.05, 0.1) is 38.8 Å². The van der Waals surface area contributed by atoms with Crippen molar-refractivity contribution in [3.63, 3.8) is 0 Å². The van der Waals surface area contributed by atoms with E-state index < -0.39 is 0 Å². The Hall–Kier alpha value is -2.58. The Bertz CT molecular complexity index is 907. The van der Waals surface area contributed by atoms with Crippen molar-refractivity contribution in [3.05, 3.63) is 30.1 Å². The van der Waals surface area contributed by atoms with Crippen LogP contribution < -0.4 is 9.64 Å². The lowest BCUT2D eigenvalue weighted by atomic mass is 9.92. The van der Waals surface area contributed by atoms with Crippen LogP contribution in [0.3, 0.4) is 0 Å². The maximum Gasteiger partial charge on any atom is 0.414 e. The highest BCUT2D eigenvalue weighted by molar-refractivity contribution is 5.92. The van der Waals surface area contributed by atoms with Crippen molar-refractivity contribution in [3.8, 4) is 16.9 Å². The van der Waals surface area contributed by atoms with Gasteiger partial charge in [0.15, 0.2) is 0 Å². The van der Waals surface area contributed by atoms with Crippen molar-refractivity contribution in [2.24, 2.45) is 5.92 Å². The van der Waals surface area contributed by atoms with Crippen LogP contribution in [0, 0.1) is 5.92 Å². The van der Waals surface area contributed by atoms with Gasteiger partial charge in [0, 0.05) is 42.1 Å². The SMILES string of the molecule is COC(=O)N1c2ccc(-c3cnn(CCO)c3)c(OCC3CCOCC3)c2CC[C@@H]1C. The van der Waals surface area contributed by atoms with Crippen molar-refractivity contribution < 1.29 is 24.1 Å². The van der Waals surface area contributed by atoms with Crippen LogP contribution in [0.15, 0.2) is 24.5 Å². The minimum Gasteiger partial charge on any atom is -0.492 e. The second-order valence-electron chi connectivity index (χ2n) is 8.25. The number of carbonyl (C=O) groups excluding carboxylic acids is 1. The third kappa shape index (κ3) is 4.55. The Kier molecular flexibility index (Phi) is 6.77. The van der Waals surface area contributed by atoms with Gasteiger partial charge in [-0.3, -0.25) is 9.58 Å². The molecule has 0 radical (unpaired) electrons. The molecule has 8 nitrogen and oxygen atoms in total. The van der Waals surface area contributed by atoms with Crippen molar-refractivity contribution in [1.82, 2.24) is 9.78 Å². The van der Waals surface area contributed by atoms with Gasteiger partial charge in [-0.05, 0) is 50.7 Å². The summed E-state index contributed by atoms with van der Waals surface area (Å²) in [5, 5.41) is 13.6. The summed E-state index contributed by atoms with van der Waals surface area (Å²) < 4.78 is 18.7. The normalized spacial score (nSPS) is 19.2. The highest BCUT2D eigenvalue weighted by Crippen LogP contribution is 2.43. The maximum absolute atomic E-state index is 12.5. The molecule has 1 aromatic heterocycles. The molecule has 1 atom stereocenters. The smallest absolute Gasteiger partial charge is 0.414 e. The van der Waals surface area contributed by atoms with E-state index >= 15 is 0 Å². The van der Waals surface area contributed by atoms with Crippen molar-refractivity contribution in [2.75, 3.05) is 38.4 Å². The molecule has 1 N–H and O–H groups in total. The summed E-state index contributed by atoms with van der Waals surface area (Å²) in [6, 6.07) is 4.02. The van der Waals surface area contributed by atoms with Gasteiger partial charge >= 0.3 is 6.09 Å². The monoisotopic (exact) mass is 429 g/mol. The van der Waals surface area contributed by atoms with Crippen LogP contribution in [0.2, 0.25) is 0 Å². The van der Waals surface area contributed by atoms with E-state index in [0.717, 1.165) is 67.0 Å². The molecule has 3 heterocycles. The predicted molar refractivity (Wildman–Crippen MR) is 116 cm³/mol. The van der Waals surface area contributed by atoms with Crippen LogP contribution in [-0.4, -0.2) is 60.6 Å². The van der Waals surface area contributed by atoms with Crippen molar-refractivity contribution in [2.45, 2.75) is 45.2 Å². The topological polar surface area (TPSA) is 86.1 Å². The number of aliphatic hydroxyl groups excluding tert-OH is 1. The second kappa shape index (κ2) is 9.70. The quantitative estimate of drug-likeness (QED) is 0.759. The van der Waals surface area contributed by atoms with Crippen LogP contribution in [0.5, 0.6) is 5.75 Å². The summed E-state index contributed by atoms with van der Waals surface area (Å²) in [5.41, 5.74) is 3.76. The first kappa shape index (κ1) is 21.6. The zero-order valence-electron chi connectivity index (χ0n) is 18.2. The molecule has 0 aliphatic carbocycles. The van der Waals surface area contributed by atoms with E-state index in [2.05, 4.69) is 5.10 Å². The van der Waals surface area contributed by atoms with E-state index in [1.54, 1.807) is 15.8 Å². The molecule has 0 unspecified atom stereocenters. The Balaban J connectivity index is 1.72. The van der Waals surface area contributed by atoms with Crippen molar-refractivity contribution in [1.29, 1.82) is 0 Å². The molecule has 2 aromatic rings. The molecular weight excluding hydrogens is 398 g/mol. The van der Waals surface area contributed by atoms with E-state index in [9.17, 15) is 9.90 Å². The number of aliphatic hydroxyl groups is 1. The first-order valence-electron chi connectivity index (χ1n) is 11.0. The van der Waals surface area contributed by atoms with Crippen LogP contribution in [0.4, 0.5) is 10.5 Å². The van der Waals surface area contributed by atoms with Gasteiger partial charge in [0.1, 0.15) is 5.75 Å². The van der Waals surface area contributed by atoms with E-state index in [4.69, 9.17) is 14.2 Å². The number of rotatable bonds is 6. The Labute approximate surface area is 182 Å². The molecule has 0 bridgehead atoms. The molecule has 8 heteroatoms. The van der Waals surface area contributed by atoms with Gasteiger partial charge in [-0.1, -0.05) is 0 Å². The Morgan fingerprint density at radius 3 is 2.84 bits per heavy atom. The second-order valence-corrected chi connectivity index (χ2v) is 8.25. The standard InChI is InChI=1S/C23H31N3O5/c1-16-3-4-20-21(26(16)23(28)29-2)6-5-19(18-13-24-25(14-18)9-10-27)22(20)31-15-17-7-11-30-12-8-17/h5-6,13-14,16-17,27H,3-4,7-12,15H2,1-2H3/t16-/m0/s1. The number of carbonyl (C=O) groups is 1. The van der Waals surface area contributed by atoms with E-state index in [1.165, 1.54) is 7.11 Å². The highest BCUT2D eigenvalue weighted by atomic mass is 16.5. The Morgan fingerprint density at radius 2 is 2.10 bits per heavy atom. The van der Waals surface area contributed by atoms with Gasteiger partial charge in [0.2, 0.25) is 0 Å². The summed E-state index contributed by atoms with van der Waals surface area (Å²) >= 11 is 0. The molecule has 1 aromatic carbocycles. The minimum absolute atomic E-state index is 0.0321. The largest absolute Gasteiger partial charge is 0.492 e. The summed E-state index contributed by atoms with van der Waals surface area (Å²) in [6.45, 7) is 4.67. The molecule has 1 saturated heterocycles. The number of aromatic nitrogens is 2. The number of benzene rings is 1. The minimum atomic E-state index is -0.354. The number of anilines is 1. The fourth-order valence-corrected chi connectivity index (χ4v) is 4.41. The average Bonchev–Trinajstić information content (AvgIpc) is 3.26. The zero-order chi connectivity index (χ0) is 21.8. The first-order chi connectivity index (χ1) is 15.1. The van der Waals surface area contributed by atoms with Gasteiger partial charge < -0.3 is 19.3 Å². The number of nitrogens with zero attached hydrogens (tertiary/aromatic N) is 3. The predicted octanol–water partition coefficient (Wildman–Crippen LogP) is 3.26.